The molecule has 0 aliphatic heterocycles. The molecule has 0 spiro atoms. The minimum atomic E-state index is 0.478. The van der Waals surface area contributed by atoms with Crippen LogP contribution in [0.5, 0.6) is 28.7 Å². The number of hydrogen-bond donors (Lipinski definition) is 0. The fourth-order valence-corrected chi connectivity index (χ4v) is 6.27. The molecule has 0 bridgehead atoms. The average molecular weight is 627 g/mol. The van der Waals surface area contributed by atoms with E-state index in [9.17, 15) is 10.5 Å². The second-order valence-electron chi connectivity index (χ2n) is 11.6. The Bertz CT molecular complexity index is 2310. The van der Waals surface area contributed by atoms with Crippen LogP contribution in [0, 0.1) is 57.3 Å². The van der Waals surface area contributed by atoms with Crippen LogP contribution in [0.4, 0.5) is 0 Å². The molecule has 0 atom stereocenters. The van der Waals surface area contributed by atoms with E-state index >= 15 is 0 Å². The molecule has 47 heavy (non-hydrogen) atoms. The Kier molecular flexibility index (Phi) is 9.04. The molecule has 7 heteroatoms. The average Bonchev–Trinajstić information content (AvgIpc) is 3.09. The van der Waals surface area contributed by atoms with E-state index in [-0.39, 0.29) is 0 Å². The zero-order valence-corrected chi connectivity index (χ0v) is 28.6. The topological polar surface area (TPSA) is 93.7 Å². The molecular weight excluding hydrogens is 588 g/mol. The molecule has 6 aromatic carbocycles. The van der Waals surface area contributed by atoms with Gasteiger partial charge in [-0.05, 0) is 126 Å². The maximum atomic E-state index is 9.66. The van der Waals surface area contributed by atoms with Crippen LogP contribution in [0.3, 0.4) is 0 Å². The van der Waals surface area contributed by atoms with Gasteiger partial charge in [-0.1, -0.05) is 12.1 Å². The molecule has 0 fully saturated rings. The Morgan fingerprint density at radius 2 is 0.787 bits per heavy atom. The van der Waals surface area contributed by atoms with E-state index in [1.54, 1.807) is 47.7 Å². The van der Waals surface area contributed by atoms with Gasteiger partial charge in [-0.25, -0.2) is 0 Å². The number of nitrogens with zero attached hydrogens (tertiary/aromatic N) is 2. The van der Waals surface area contributed by atoms with Gasteiger partial charge in [0.1, 0.15) is 0 Å². The van der Waals surface area contributed by atoms with Gasteiger partial charge in [0.15, 0.2) is 23.0 Å². The Balaban J connectivity index is 0.000000189. The number of hydrogen-bond acceptors (Lipinski definition) is 7. The highest BCUT2D eigenvalue weighted by atomic mass is 16.5. The molecule has 0 saturated heterocycles. The van der Waals surface area contributed by atoms with Crippen LogP contribution >= 0.6 is 0 Å². The van der Waals surface area contributed by atoms with Crippen LogP contribution in [0.2, 0.25) is 0 Å². The second-order valence-corrected chi connectivity index (χ2v) is 11.6. The van der Waals surface area contributed by atoms with Gasteiger partial charge in [0, 0.05) is 16.2 Å². The van der Waals surface area contributed by atoms with E-state index < -0.39 is 0 Å². The van der Waals surface area contributed by atoms with Crippen molar-refractivity contribution >= 4 is 43.1 Å². The van der Waals surface area contributed by atoms with E-state index in [2.05, 4.69) is 65.0 Å². The lowest BCUT2D eigenvalue weighted by Crippen LogP contribution is -1.97. The fraction of sp³-hybridized carbons (Fsp3) is 0.250. The highest BCUT2D eigenvalue weighted by Gasteiger charge is 2.20. The quantitative estimate of drug-likeness (QED) is 0.176. The zero-order valence-electron chi connectivity index (χ0n) is 28.6. The SMILES string of the molecule is COc1cc2c(C#N)cc3c(OC)c(OC)c(OC)cc3c2cc1OC.Cc1cc2c(C#N)cc3c(C)c(C)c(C)cc3c2cc1C. The summed E-state index contributed by atoms with van der Waals surface area (Å²) in [7, 11) is 7.81. The first-order chi connectivity index (χ1) is 22.6. The van der Waals surface area contributed by atoms with Crippen molar-refractivity contribution in [3.63, 3.8) is 0 Å². The van der Waals surface area contributed by atoms with Gasteiger partial charge in [-0.15, -0.1) is 0 Å². The Labute approximate surface area is 275 Å². The summed E-state index contributed by atoms with van der Waals surface area (Å²) in [6.07, 6.45) is 0. The minimum Gasteiger partial charge on any atom is -0.493 e. The van der Waals surface area contributed by atoms with E-state index in [1.165, 1.54) is 44.0 Å². The van der Waals surface area contributed by atoms with Crippen molar-refractivity contribution < 1.29 is 23.7 Å². The summed E-state index contributed by atoms with van der Waals surface area (Å²) >= 11 is 0. The summed E-state index contributed by atoms with van der Waals surface area (Å²) in [5.74, 6) is 2.66. The highest BCUT2D eigenvalue weighted by molar-refractivity contribution is 6.14. The Morgan fingerprint density at radius 1 is 0.383 bits per heavy atom. The van der Waals surface area contributed by atoms with Crippen LogP contribution in [0.1, 0.15) is 38.9 Å². The molecular formula is C40H38N2O5. The summed E-state index contributed by atoms with van der Waals surface area (Å²) in [6.45, 7) is 10.7. The number of benzene rings is 6. The lowest BCUT2D eigenvalue weighted by atomic mass is 9.89. The van der Waals surface area contributed by atoms with Crippen molar-refractivity contribution in [1.82, 2.24) is 0 Å². The number of nitriles is 2. The third-order valence-corrected chi connectivity index (χ3v) is 9.21. The maximum absolute atomic E-state index is 9.66. The van der Waals surface area contributed by atoms with Crippen molar-refractivity contribution in [3.05, 3.63) is 87.5 Å². The number of rotatable bonds is 5. The van der Waals surface area contributed by atoms with Crippen molar-refractivity contribution in [2.45, 2.75) is 34.6 Å². The number of fused-ring (bicyclic) bond motifs is 6. The smallest absolute Gasteiger partial charge is 0.203 e. The largest absolute Gasteiger partial charge is 0.493 e. The normalized spacial score (nSPS) is 10.7. The number of ether oxygens (including phenoxy) is 5. The molecule has 0 aliphatic rings. The van der Waals surface area contributed by atoms with Crippen LogP contribution in [-0.2, 0) is 0 Å². The van der Waals surface area contributed by atoms with Crippen LogP contribution in [0.25, 0.3) is 43.1 Å². The summed E-state index contributed by atoms with van der Waals surface area (Å²) in [5.41, 5.74) is 7.68. The summed E-state index contributed by atoms with van der Waals surface area (Å²) in [5, 5.41) is 27.1. The first-order valence-electron chi connectivity index (χ1n) is 15.1. The maximum Gasteiger partial charge on any atom is 0.203 e. The monoisotopic (exact) mass is 626 g/mol. The Morgan fingerprint density at radius 3 is 1.32 bits per heavy atom. The molecule has 0 heterocycles. The molecule has 0 N–H and O–H groups in total. The molecule has 0 amide bonds. The van der Waals surface area contributed by atoms with E-state index in [1.807, 2.05) is 18.2 Å². The van der Waals surface area contributed by atoms with E-state index in [4.69, 9.17) is 23.7 Å². The van der Waals surface area contributed by atoms with Gasteiger partial charge in [0.05, 0.1) is 58.8 Å². The highest BCUT2D eigenvalue weighted by Crippen LogP contribution is 2.47. The third-order valence-electron chi connectivity index (χ3n) is 9.21. The van der Waals surface area contributed by atoms with Crippen LogP contribution in [-0.4, -0.2) is 35.5 Å². The molecule has 0 unspecified atom stereocenters. The van der Waals surface area contributed by atoms with Gasteiger partial charge in [0.2, 0.25) is 5.75 Å². The van der Waals surface area contributed by atoms with Gasteiger partial charge in [-0.2, -0.15) is 10.5 Å². The summed E-state index contributed by atoms with van der Waals surface area (Å²) in [4.78, 5) is 0. The van der Waals surface area contributed by atoms with Crippen molar-refractivity contribution in [3.8, 4) is 40.9 Å². The lowest BCUT2D eigenvalue weighted by molar-refractivity contribution is 0.327. The van der Waals surface area contributed by atoms with E-state index in [0.717, 1.165) is 32.5 Å². The fourth-order valence-electron chi connectivity index (χ4n) is 6.27. The van der Waals surface area contributed by atoms with Gasteiger partial charge < -0.3 is 23.7 Å². The predicted octanol–water partition coefficient (Wildman–Crippen LogP) is 9.31. The first kappa shape index (κ1) is 32.7. The molecule has 238 valence electrons. The number of aryl methyl sites for hydroxylation is 4. The van der Waals surface area contributed by atoms with Gasteiger partial charge >= 0.3 is 0 Å². The standard InChI is InChI=1S/C20H19NO5.C20H19N/c1-22-16-7-12-11(10-21)6-15-14(13(12)8-17(16)23-2)9-18(24-3)20(26-5)19(15)25-4;1-11-6-18-16(10-21)9-17-15(5)14(4)13(3)8-19(17)20(18)7-12(11)2/h6-9H,1-5H3;6-9H,1-5H3. The number of methoxy groups -OCH3 is 5. The molecule has 0 radical (unpaired) electrons. The zero-order chi connectivity index (χ0) is 34.2. The van der Waals surface area contributed by atoms with Crippen molar-refractivity contribution in [2.75, 3.05) is 35.5 Å². The molecule has 6 aromatic rings. The minimum absolute atomic E-state index is 0.478. The third kappa shape index (κ3) is 5.45. The lowest BCUT2D eigenvalue weighted by Gasteiger charge is -2.17. The van der Waals surface area contributed by atoms with Crippen molar-refractivity contribution in [1.29, 1.82) is 10.5 Å². The molecule has 0 saturated carbocycles. The van der Waals surface area contributed by atoms with Crippen LogP contribution < -0.4 is 23.7 Å². The second kappa shape index (κ2) is 13.0. The van der Waals surface area contributed by atoms with Gasteiger partial charge in [0.25, 0.3) is 0 Å². The summed E-state index contributed by atoms with van der Waals surface area (Å²) in [6, 6.07) is 20.6. The predicted molar refractivity (Wildman–Crippen MR) is 189 cm³/mol. The van der Waals surface area contributed by atoms with Gasteiger partial charge in [-0.3, -0.25) is 0 Å². The molecule has 0 aliphatic carbocycles. The first-order valence-corrected chi connectivity index (χ1v) is 15.1. The van der Waals surface area contributed by atoms with Crippen molar-refractivity contribution in [2.24, 2.45) is 0 Å². The molecule has 6 rings (SSSR count). The molecule has 7 nitrogen and oxygen atoms in total. The van der Waals surface area contributed by atoms with E-state index in [0.29, 0.717) is 34.3 Å². The summed E-state index contributed by atoms with van der Waals surface area (Å²) < 4.78 is 27.3. The van der Waals surface area contributed by atoms with Crippen LogP contribution in [0.15, 0.2) is 48.5 Å². The molecule has 0 aromatic heterocycles. The Hall–Kier alpha value is -5.66.